The normalized spacial score (nSPS) is 15.2. The van der Waals surface area contributed by atoms with Crippen LogP contribution in [0.5, 0.6) is 5.75 Å². The average Bonchev–Trinajstić information content (AvgIpc) is 2.73. The average molecular weight is 381 g/mol. The fourth-order valence-electron chi connectivity index (χ4n) is 3.30. The maximum absolute atomic E-state index is 12.7. The molecular formula is C22H27N3O3. The summed E-state index contributed by atoms with van der Waals surface area (Å²) in [4.78, 5) is 28.8. The largest absolute Gasteiger partial charge is 0.481 e. The Morgan fingerprint density at radius 2 is 1.68 bits per heavy atom. The van der Waals surface area contributed by atoms with E-state index in [-0.39, 0.29) is 11.8 Å². The molecule has 0 saturated carbocycles. The maximum atomic E-state index is 12.7. The van der Waals surface area contributed by atoms with Crippen LogP contribution in [0.3, 0.4) is 0 Å². The first-order valence-corrected chi connectivity index (χ1v) is 9.67. The van der Waals surface area contributed by atoms with Gasteiger partial charge < -0.3 is 20.3 Å². The zero-order valence-electron chi connectivity index (χ0n) is 16.4. The van der Waals surface area contributed by atoms with Crippen molar-refractivity contribution in [2.75, 3.05) is 31.9 Å². The molecule has 2 amide bonds. The van der Waals surface area contributed by atoms with Gasteiger partial charge in [0.2, 0.25) is 0 Å². The van der Waals surface area contributed by atoms with Gasteiger partial charge in [0.15, 0.2) is 6.10 Å². The van der Waals surface area contributed by atoms with E-state index in [4.69, 9.17) is 10.5 Å². The Bertz CT molecular complexity index is 827. The van der Waals surface area contributed by atoms with Crippen molar-refractivity contribution >= 4 is 17.5 Å². The Labute approximate surface area is 165 Å². The summed E-state index contributed by atoms with van der Waals surface area (Å²) < 4.78 is 5.80. The van der Waals surface area contributed by atoms with Crippen LogP contribution in [0.1, 0.15) is 29.8 Å². The molecule has 1 heterocycles. The summed E-state index contributed by atoms with van der Waals surface area (Å²) in [6.07, 6.45) is 0.400. The van der Waals surface area contributed by atoms with Crippen molar-refractivity contribution in [2.24, 2.45) is 0 Å². The van der Waals surface area contributed by atoms with Gasteiger partial charge in [-0.1, -0.05) is 25.1 Å². The van der Waals surface area contributed by atoms with Crippen LogP contribution >= 0.6 is 0 Å². The van der Waals surface area contributed by atoms with Crippen LogP contribution in [0.4, 0.5) is 5.69 Å². The van der Waals surface area contributed by atoms with Crippen molar-refractivity contribution in [1.82, 2.24) is 9.80 Å². The molecule has 0 spiro atoms. The molecule has 0 radical (unpaired) electrons. The quantitative estimate of drug-likeness (QED) is 0.808. The summed E-state index contributed by atoms with van der Waals surface area (Å²) in [6.45, 7) is 5.85. The van der Waals surface area contributed by atoms with Gasteiger partial charge in [0.05, 0.1) is 0 Å². The van der Waals surface area contributed by atoms with Crippen molar-refractivity contribution in [2.45, 2.75) is 26.4 Å². The van der Waals surface area contributed by atoms with Crippen molar-refractivity contribution in [3.05, 3.63) is 59.7 Å². The van der Waals surface area contributed by atoms with Gasteiger partial charge in [-0.05, 0) is 49.2 Å². The van der Waals surface area contributed by atoms with E-state index >= 15 is 0 Å². The molecule has 1 atom stereocenters. The summed E-state index contributed by atoms with van der Waals surface area (Å²) in [7, 11) is 0. The monoisotopic (exact) mass is 381 g/mol. The molecule has 2 aromatic carbocycles. The number of nitrogen functional groups attached to an aromatic ring is 1. The number of amides is 2. The highest BCUT2D eigenvalue weighted by atomic mass is 16.5. The van der Waals surface area contributed by atoms with E-state index in [1.807, 2.05) is 24.3 Å². The predicted octanol–water partition coefficient (Wildman–Crippen LogP) is 2.58. The first-order valence-electron chi connectivity index (χ1n) is 9.67. The number of anilines is 1. The molecule has 3 rings (SSSR count). The number of aryl methyl sites for hydroxylation is 1. The fourth-order valence-corrected chi connectivity index (χ4v) is 3.30. The van der Waals surface area contributed by atoms with E-state index in [1.165, 1.54) is 5.56 Å². The van der Waals surface area contributed by atoms with Crippen LogP contribution in [0.25, 0.3) is 0 Å². The summed E-state index contributed by atoms with van der Waals surface area (Å²) in [5.74, 6) is 0.573. The third-order valence-electron chi connectivity index (χ3n) is 5.00. The van der Waals surface area contributed by atoms with E-state index in [1.54, 1.807) is 41.0 Å². The third kappa shape index (κ3) is 4.63. The number of ether oxygens (including phenoxy) is 1. The first kappa shape index (κ1) is 19.7. The maximum Gasteiger partial charge on any atom is 0.263 e. The highest BCUT2D eigenvalue weighted by Gasteiger charge is 2.28. The lowest BCUT2D eigenvalue weighted by molar-refractivity contribution is -0.139. The Morgan fingerprint density at radius 3 is 2.29 bits per heavy atom. The number of carbonyl (C=O) groups excluding carboxylic acids is 2. The van der Waals surface area contributed by atoms with Crippen molar-refractivity contribution in [3.8, 4) is 5.75 Å². The SMILES string of the molecule is CCc1ccc(OC(C)C(=O)N2CCN(C(=O)c3cccc(N)c3)CC2)cc1. The van der Waals surface area contributed by atoms with Crippen molar-refractivity contribution in [1.29, 1.82) is 0 Å². The second-order valence-corrected chi connectivity index (χ2v) is 7.00. The number of nitrogens with zero attached hydrogens (tertiary/aromatic N) is 2. The van der Waals surface area contributed by atoms with Crippen molar-refractivity contribution in [3.63, 3.8) is 0 Å². The van der Waals surface area contributed by atoms with Crippen LogP contribution < -0.4 is 10.5 Å². The van der Waals surface area contributed by atoms with Crippen LogP contribution in [-0.2, 0) is 11.2 Å². The lowest BCUT2D eigenvalue weighted by Crippen LogP contribution is -2.53. The molecule has 28 heavy (non-hydrogen) atoms. The number of piperazine rings is 1. The van der Waals surface area contributed by atoms with Gasteiger partial charge in [-0.3, -0.25) is 9.59 Å². The van der Waals surface area contributed by atoms with Crippen LogP contribution in [0, 0.1) is 0 Å². The van der Waals surface area contributed by atoms with Crippen molar-refractivity contribution < 1.29 is 14.3 Å². The highest BCUT2D eigenvalue weighted by molar-refractivity contribution is 5.95. The highest BCUT2D eigenvalue weighted by Crippen LogP contribution is 2.16. The smallest absolute Gasteiger partial charge is 0.263 e. The van der Waals surface area contributed by atoms with E-state index < -0.39 is 6.10 Å². The van der Waals surface area contributed by atoms with Gasteiger partial charge in [-0.15, -0.1) is 0 Å². The van der Waals surface area contributed by atoms with Gasteiger partial charge >= 0.3 is 0 Å². The summed E-state index contributed by atoms with van der Waals surface area (Å²) >= 11 is 0. The molecule has 1 aliphatic heterocycles. The number of nitrogens with two attached hydrogens (primary N) is 1. The number of rotatable bonds is 5. The number of hydrogen-bond acceptors (Lipinski definition) is 4. The van der Waals surface area contributed by atoms with Crippen LogP contribution in [-0.4, -0.2) is 53.9 Å². The van der Waals surface area contributed by atoms with Gasteiger partial charge in [-0.25, -0.2) is 0 Å². The zero-order valence-corrected chi connectivity index (χ0v) is 16.4. The van der Waals surface area contributed by atoms with E-state index in [2.05, 4.69) is 6.92 Å². The lowest BCUT2D eigenvalue weighted by atomic mass is 10.1. The van der Waals surface area contributed by atoms with Gasteiger partial charge in [0.25, 0.3) is 11.8 Å². The third-order valence-corrected chi connectivity index (χ3v) is 5.00. The minimum absolute atomic E-state index is 0.0558. The Morgan fingerprint density at radius 1 is 1.04 bits per heavy atom. The zero-order chi connectivity index (χ0) is 20.1. The summed E-state index contributed by atoms with van der Waals surface area (Å²) in [6, 6.07) is 14.8. The summed E-state index contributed by atoms with van der Waals surface area (Å²) in [5, 5.41) is 0. The molecule has 1 fully saturated rings. The van der Waals surface area contributed by atoms with Crippen LogP contribution in [0.15, 0.2) is 48.5 Å². The second-order valence-electron chi connectivity index (χ2n) is 7.00. The molecule has 6 heteroatoms. The molecular weight excluding hydrogens is 354 g/mol. The van der Waals surface area contributed by atoms with E-state index in [0.29, 0.717) is 43.2 Å². The molecule has 1 unspecified atom stereocenters. The Kier molecular flexibility index (Phi) is 6.19. The predicted molar refractivity (Wildman–Crippen MR) is 109 cm³/mol. The first-order chi connectivity index (χ1) is 13.5. The van der Waals surface area contributed by atoms with Gasteiger partial charge in [-0.2, -0.15) is 0 Å². The lowest BCUT2D eigenvalue weighted by Gasteiger charge is -2.36. The molecule has 2 aromatic rings. The molecule has 2 N–H and O–H groups in total. The van der Waals surface area contributed by atoms with E-state index in [0.717, 1.165) is 6.42 Å². The second kappa shape index (κ2) is 8.78. The topological polar surface area (TPSA) is 75.9 Å². The van der Waals surface area contributed by atoms with E-state index in [9.17, 15) is 9.59 Å². The minimum atomic E-state index is -0.566. The number of carbonyl (C=O) groups is 2. The molecule has 0 aromatic heterocycles. The molecule has 1 aliphatic rings. The van der Waals surface area contributed by atoms with Gasteiger partial charge in [0.1, 0.15) is 5.75 Å². The van der Waals surface area contributed by atoms with Gasteiger partial charge in [0, 0.05) is 37.4 Å². The Balaban J connectivity index is 1.53. The van der Waals surface area contributed by atoms with Crippen LogP contribution in [0.2, 0.25) is 0 Å². The molecule has 0 bridgehead atoms. The number of benzene rings is 2. The molecule has 0 aliphatic carbocycles. The molecule has 148 valence electrons. The standard InChI is InChI=1S/C22H27N3O3/c1-3-17-7-9-20(10-8-17)28-16(2)21(26)24-11-13-25(14-12-24)22(27)18-5-4-6-19(23)15-18/h4-10,15-16H,3,11-14,23H2,1-2H3. The minimum Gasteiger partial charge on any atom is -0.481 e. The molecule has 6 nitrogen and oxygen atoms in total. The summed E-state index contributed by atoms with van der Waals surface area (Å²) in [5.41, 5.74) is 8.14. The molecule has 1 saturated heterocycles. The Hall–Kier alpha value is -3.02. The fraction of sp³-hybridized carbons (Fsp3) is 0.364. The number of hydrogen-bond donors (Lipinski definition) is 1.